The van der Waals surface area contributed by atoms with E-state index in [2.05, 4.69) is 31.0 Å². The molecule has 2 rings (SSSR count). The van der Waals surface area contributed by atoms with Gasteiger partial charge in [0, 0.05) is 19.0 Å². The van der Waals surface area contributed by atoms with Crippen LogP contribution in [0.1, 0.15) is 46.5 Å². The Morgan fingerprint density at radius 1 is 1.26 bits per heavy atom. The topological polar surface area (TPSA) is 61.9 Å². The molecule has 1 unspecified atom stereocenters. The summed E-state index contributed by atoms with van der Waals surface area (Å²) in [7, 11) is 0. The van der Waals surface area contributed by atoms with Crippen LogP contribution in [0, 0.1) is 0 Å². The van der Waals surface area contributed by atoms with E-state index in [-0.39, 0.29) is 24.5 Å². The fourth-order valence-electron chi connectivity index (χ4n) is 3.38. The molecule has 0 fully saturated rings. The Kier molecular flexibility index (Phi) is 8.58. The van der Waals surface area contributed by atoms with Gasteiger partial charge in [-0.25, -0.2) is 0 Å². The maximum Gasteiger partial charge on any atom is 0.265 e. The van der Waals surface area contributed by atoms with E-state index in [1.165, 1.54) is 0 Å². The maximum atomic E-state index is 12.2. The van der Waals surface area contributed by atoms with Gasteiger partial charge in [-0.2, -0.15) is 0 Å². The summed E-state index contributed by atoms with van der Waals surface area (Å²) < 4.78 is 5.44. The van der Waals surface area contributed by atoms with E-state index in [9.17, 15) is 9.59 Å². The van der Waals surface area contributed by atoms with Crippen LogP contribution in [0.25, 0.3) is 0 Å². The molecule has 0 aromatic heterocycles. The van der Waals surface area contributed by atoms with Crippen molar-refractivity contribution in [3.05, 3.63) is 24.3 Å². The minimum atomic E-state index is -0.0566. The molecule has 150 valence electrons. The first-order chi connectivity index (χ1) is 13.0. The molecule has 1 heterocycles. The molecule has 2 amide bonds. The van der Waals surface area contributed by atoms with Gasteiger partial charge >= 0.3 is 0 Å². The fourth-order valence-corrected chi connectivity index (χ4v) is 3.38. The predicted molar refractivity (Wildman–Crippen MR) is 108 cm³/mol. The number of anilines is 1. The molecule has 0 saturated heterocycles. The number of para-hydroxylation sites is 2. The van der Waals surface area contributed by atoms with Gasteiger partial charge in [0.2, 0.25) is 5.91 Å². The Balaban J connectivity index is 1.69. The van der Waals surface area contributed by atoms with Gasteiger partial charge in [-0.15, -0.1) is 0 Å². The van der Waals surface area contributed by atoms with Crippen molar-refractivity contribution in [1.29, 1.82) is 0 Å². The highest BCUT2D eigenvalue weighted by atomic mass is 16.5. The Labute approximate surface area is 162 Å². The fraction of sp³-hybridized carbons (Fsp3) is 0.619. The maximum absolute atomic E-state index is 12.2. The lowest BCUT2D eigenvalue weighted by molar-refractivity contribution is -0.123. The Hall–Kier alpha value is -2.08. The number of nitrogens with zero attached hydrogens (tertiary/aromatic N) is 2. The van der Waals surface area contributed by atoms with E-state index in [0.29, 0.717) is 19.4 Å². The smallest absolute Gasteiger partial charge is 0.265 e. The highest BCUT2D eigenvalue weighted by molar-refractivity contribution is 5.97. The first kappa shape index (κ1) is 21.2. The first-order valence-electron chi connectivity index (χ1n) is 10.1. The minimum Gasteiger partial charge on any atom is -0.482 e. The van der Waals surface area contributed by atoms with Crippen molar-refractivity contribution < 1.29 is 14.3 Å². The standard InChI is InChI=1S/C21H33N3O3/c1-4-23(5-2)14-8-10-17(3)22-20(25)13-9-15-24-18-11-6-7-12-19(18)27-16-21(24)26/h6-7,11-12,17H,4-5,8-10,13-16H2,1-3H3,(H,22,25). The SMILES string of the molecule is CCN(CC)CCCC(C)NC(=O)CCCN1C(=O)COc2ccccc21. The van der Waals surface area contributed by atoms with Crippen molar-refractivity contribution in [2.24, 2.45) is 0 Å². The summed E-state index contributed by atoms with van der Waals surface area (Å²) in [6, 6.07) is 7.70. The van der Waals surface area contributed by atoms with E-state index in [1.54, 1.807) is 4.90 Å². The molecule has 0 spiro atoms. The summed E-state index contributed by atoms with van der Waals surface area (Å²) in [4.78, 5) is 28.4. The predicted octanol–water partition coefficient (Wildman–Crippen LogP) is 2.82. The Morgan fingerprint density at radius 3 is 2.74 bits per heavy atom. The third-order valence-electron chi connectivity index (χ3n) is 5.01. The van der Waals surface area contributed by atoms with Crippen LogP contribution >= 0.6 is 0 Å². The van der Waals surface area contributed by atoms with E-state index >= 15 is 0 Å². The number of hydrogen-bond donors (Lipinski definition) is 1. The number of rotatable bonds is 11. The monoisotopic (exact) mass is 375 g/mol. The molecule has 0 aliphatic carbocycles. The molecule has 6 heteroatoms. The summed E-state index contributed by atoms with van der Waals surface area (Å²) in [5.41, 5.74) is 0.791. The molecular formula is C21H33N3O3. The summed E-state index contributed by atoms with van der Waals surface area (Å²) in [6.45, 7) is 10.2. The normalized spacial score (nSPS) is 14.7. The number of amides is 2. The second kappa shape index (κ2) is 10.9. The van der Waals surface area contributed by atoms with E-state index in [0.717, 1.165) is 43.9 Å². The lowest BCUT2D eigenvalue weighted by Crippen LogP contribution is -2.40. The molecule has 1 aliphatic rings. The molecule has 1 aromatic rings. The van der Waals surface area contributed by atoms with Crippen LogP contribution in [0.15, 0.2) is 24.3 Å². The van der Waals surface area contributed by atoms with E-state index in [4.69, 9.17) is 4.74 Å². The van der Waals surface area contributed by atoms with Crippen molar-refractivity contribution in [2.75, 3.05) is 37.7 Å². The molecule has 6 nitrogen and oxygen atoms in total. The van der Waals surface area contributed by atoms with Gasteiger partial charge in [0.05, 0.1) is 5.69 Å². The molecule has 1 aliphatic heterocycles. The average molecular weight is 376 g/mol. The van der Waals surface area contributed by atoms with Crippen LogP contribution < -0.4 is 15.0 Å². The Bertz CT molecular complexity index is 616. The third-order valence-corrected chi connectivity index (χ3v) is 5.01. The van der Waals surface area contributed by atoms with Gasteiger partial charge in [-0.3, -0.25) is 9.59 Å². The van der Waals surface area contributed by atoms with Crippen LogP contribution in [0.4, 0.5) is 5.69 Å². The van der Waals surface area contributed by atoms with Crippen molar-refractivity contribution in [2.45, 2.75) is 52.5 Å². The van der Waals surface area contributed by atoms with Crippen LogP contribution in [-0.4, -0.2) is 55.5 Å². The summed E-state index contributed by atoms with van der Waals surface area (Å²) >= 11 is 0. The van der Waals surface area contributed by atoms with E-state index in [1.807, 2.05) is 24.3 Å². The highest BCUT2D eigenvalue weighted by Crippen LogP contribution is 2.31. The number of hydrogen-bond acceptors (Lipinski definition) is 4. The van der Waals surface area contributed by atoms with Gasteiger partial charge < -0.3 is 19.9 Å². The third kappa shape index (κ3) is 6.54. The average Bonchev–Trinajstić information content (AvgIpc) is 2.67. The van der Waals surface area contributed by atoms with Gasteiger partial charge in [0.1, 0.15) is 5.75 Å². The largest absolute Gasteiger partial charge is 0.482 e. The van der Waals surface area contributed by atoms with Crippen LogP contribution in [0.3, 0.4) is 0 Å². The van der Waals surface area contributed by atoms with Crippen molar-refractivity contribution >= 4 is 17.5 Å². The van der Waals surface area contributed by atoms with Crippen molar-refractivity contribution in [1.82, 2.24) is 10.2 Å². The number of benzene rings is 1. The lowest BCUT2D eigenvalue weighted by Gasteiger charge is -2.29. The second-order valence-electron chi connectivity index (χ2n) is 7.04. The van der Waals surface area contributed by atoms with Gasteiger partial charge in [-0.1, -0.05) is 26.0 Å². The summed E-state index contributed by atoms with van der Waals surface area (Å²) in [5.74, 6) is 0.724. The number of carbonyl (C=O) groups is 2. The van der Waals surface area contributed by atoms with Crippen LogP contribution in [0.5, 0.6) is 5.75 Å². The quantitative estimate of drug-likeness (QED) is 0.646. The molecule has 1 atom stereocenters. The molecule has 0 bridgehead atoms. The highest BCUT2D eigenvalue weighted by Gasteiger charge is 2.24. The molecular weight excluding hydrogens is 342 g/mol. The molecule has 27 heavy (non-hydrogen) atoms. The minimum absolute atomic E-state index is 0.0549. The van der Waals surface area contributed by atoms with Gasteiger partial charge in [-0.05, 0) is 58.0 Å². The number of fused-ring (bicyclic) bond motifs is 1. The Morgan fingerprint density at radius 2 is 2.00 bits per heavy atom. The molecule has 1 aromatic carbocycles. The number of nitrogens with one attached hydrogen (secondary N) is 1. The lowest BCUT2D eigenvalue weighted by atomic mass is 10.1. The molecule has 1 N–H and O–H groups in total. The van der Waals surface area contributed by atoms with Gasteiger partial charge in [0.15, 0.2) is 6.61 Å². The second-order valence-corrected chi connectivity index (χ2v) is 7.04. The van der Waals surface area contributed by atoms with Gasteiger partial charge in [0.25, 0.3) is 5.91 Å². The van der Waals surface area contributed by atoms with Crippen LogP contribution in [-0.2, 0) is 9.59 Å². The summed E-state index contributed by atoms with van der Waals surface area (Å²) in [6.07, 6.45) is 3.13. The van der Waals surface area contributed by atoms with Crippen molar-refractivity contribution in [3.63, 3.8) is 0 Å². The number of ether oxygens (including phenoxy) is 1. The number of carbonyl (C=O) groups excluding carboxylic acids is 2. The van der Waals surface area contributed by atoms with E-state index < -0.39 is 0 Å². The first-order valence-corrected chi connectivity index (χ1v) is 10.1. The zero-order chi connectivity index (χ0) is 19.6. The van der Waals surface area contributed by atoms with Crippen LogP contribution in [0.2, 0.25) is 0 Å². The zero-order valence-electron chi connectivity index (χ0n) is 16.9. The molecule has 0 saturated carbocycles. The molecule has 0 radical (unpaired) electrons. The van der Waals surface area contributed by atoms with Crippen molar-refractivity contribution in [3.8, 4) is 5.75 Å². The summed E-state index contributed by atoms with van der Waals surface area (Å²) in [5, 5.41) is 3.07. The zero-order valence-corrected chi connectivity index (χ0v) is 16.9.